The molecule has 2 aromatic carbocycles. The molecule has 2 rings (SSSR count). The van der Waals surface area contributed by atoms with Gasteiger partial charge in [0.2, 0.25) is 0 Å². The van der Waals surface area contributed by atoms with Crippen LogP contribution in [0, 0.1) is 6.92 Å². The SMILES string of the molecule is CC.COc1c(C)ccc(OCCCO)c1-c1ccc(Cl)c(C(F)(F)F)c1. The fraction of sp³-hybridized carbons (Fsp3) is 0.400. The number of aliphatic hydroxyl groups excluding tert-OH is 1. The third-order valence-electron chi connectivity index (χ3n) is 3.64. The molecule has 0 heterocycles. The molecule has 0 amide bonds. The fourth-order valence-electron chi connectivity index (χ4n) is 2.47. The summed E-state index contributed by atoms with van der Waals surface area (Å²) in [7, 11) is 1.45. The average Bonchev–Trinajstić information content (AvgIpc) is 2.64. The van der Waals surface area contributed by atoms with Gasteiger partial charge in [-0.15, -0.1) is 0 Å². The van der Waals surface area contributed by atoms with Crippen LogP contribution in [0.25, 0.3) is 11.1 Å². The van der Waals surface area contributed by atoms with Gasteiger partial charge in [-0.25, -0.2) is 0 Å². The van der Waals surface area contributed by atoms with Crippen LogP contribution in [-0.2, 0) is 6.18 Å². The van der Waals surface area contributed by atoms with Crippen LogP contribution in [-0.4, -0.2) is 25.4 Å². The molecule has 0 aromatic heterocycles. The van der Waals surface area contributed by atoms with E-state index in [0.717, 1.165) is 11.6 Å². The molecular weight excluding hydrogens is 381 g/mol. The average molecular weight is 405 g/mol. The summed E-state index contributed by atoms with van der Waals surface area (Å²) in [5, 5.41) is 8.52. The molecule has 7 heteroatoms. The summed E-state index contributed by atoms with van der Waals surface area (Å²) in [4.78, 5) is 0. The van der Waals surface area contributed by atoms with Crippen molar-refractivity contribution in [1.29, 1.82) is 0 Å². The highest BCUT2D eigenvalue weighted by Crippen LogP contribution is 2.44. The first-order valence-corrected chi connectivity index (χ1v) is 8.95. The number of rotatable bonds is 6. The van der Waals surface area contributed by atoms with E-state index in [1.165, 1.54) is 19.2 Å². The molecule has 0 unspecified atom stereocenters. The number of halogens is 4. The Morgan fingerprint density at radius 1 is 1.11 bits per heavy atom. The second-order valence-corrected chi connectivity index (χ2v) is 5.81. The summed E-state index contributed by atoms with van der Waals surface area (Å²) < 4.78 is 50.6. The van der Waals surface area contributed by atoms with Crippen molar-refractivity contribution in [2.45, 2.75) is 33.4 Å². The number of methoxy groups -OCH3 is 1. The Kier molecular flexibility index (Phi) is 8.93. The smallest absolute Gasteiger partial charge is 0.417 e. The number of aryl methyl sites for hydroxylation is 1. The van der Waals surface area contributed by atoms with Gasteiger partial charge in [-0.1, -0.05) is 37.6 Å². The van der Waals surface area contributed by atoms with Crippen LogP contribution in [0.5, 0.6) is 11.5 Å². The van der Waals surface area contributed by atoms with Crippen molar-refractivity contribution in [3.8, 4) is 22.6 Å². The van der Waals surface area contributed by atoms with Gasteiger partial charge in [-0.3, -0.25) is 0 Å². The number of hydrogen-bond acceptors (Lipinski definition) is 3. The number of aliphatic hydroxyl groups is 1. The topological polar surface area (TPSA) is 38.7 Å². The zero-order chi connectivity index (χ0) is 20.6. The van der Waals surface area contributed by atoms with E-state index in [9.17, 15) is 13.2 Å². The van der Waals surface area contributed by atoms with Crippen LogP contribution in [0.15, 0.2) is 30.3 Å². The molecule has 0 aliphatic carbocycles. The highest BCUT2D eigenvalue weighted by atomic mass is 35.5. The lowest BCUT2D eigenvalue weighted by Gasteiger charge is -2.18. The Morgan fingerprint density at radius 3 is 2.33 bits per heavy atom. The molecule has 0 radical (unpaired) electrons. The molecule has 3 nitrogen and oxygen atoms in total. The van der Waals surface area contributed by atoms with E-state index in [2.05, 4.69) is 0 Å². The Hall–Kier alpha value is -1.92. The fourth-order valence-corrected chi connectivity index (χ4v) is 2.69. The van der Waals surface area contributed by atoms with E-state index in [-0.39, 0.29) is 23.8 Å². The van der Waals surface area contributed by atoms with Crippen molar-refractivity contribution < 1.29 is 27.8 Å². The lowest BCUT2D eigenvalue weighted by molar-refractivity contribution is -0.137. The number of alkyl halides is 3. The molecule has 0 spiro atoms. The first kappa shape index (κ1) is 23.1. The van der Waals surface area contributed by atoms with E-state index in [1.807, 2.05) is 13.8 Å². The van der Waals surface area contributed by atoms with Gasteiger partial charge in [0.15, 0.2) is 0 Å². The standard InChI is InChI=1S/C18H18ClF3O3.C2H6/c1-11-4-7-15(25-9-3-8-23)16(17(11)24-2)12-5-6-14(19)13(10-12)18(20,21)22;1-2/h4-7,10,23H,3,8-9H2,1-2H3;1-2H3. The molecule has 150 valence electrons. The van der Waals surface area contributed by atoms with Crippen LogP contribution >= 0.6 is 11.6 Å². The minimum Gasteiger partial charge on any atom is -0.496 e. The highest BCUT2D eigenvalue weighted by molar-refractivity contribution is 6.31. The van der Waals surface area contributed by atoms with E-state index in [1.54, 1.807) is 19.1 Å². The van der Waals surface area contributed by atoms with Gasteiger partial charge >= 0.3 is 6.18 Å². The van der Waals surface area contributed by atoms with Crippen LogP contribution < -0.4 is 9.47 Å². The number of ether oxygens (including phenoxy) is 2. The third kappa shape index (κ3) is 5.78. The second kappa shape index (κ2) is 10.4. The monoisotopic (exact) mass is 404 g/mol. The highest BCUT2D eigenvalue weighted by Gasteiger charge is 2.34. The van der Waals surface area contributed by atoms with E-state index < -0.39 is 11.7 Å². The Morgan fingerprint density at radius 2 is 1.78 bits per heavy atom. The molecule has 0 saturated carbocycles. The molecule has 0 bridgehead atoms. The molecule has 0 atom stereocenters. The maximum absolute atomic E-state index is 13.2. The minimum absolute atomic E-state index is 0.0442. The number of benzene rings is 2. The molecule has 1 N–H and O–H groups in total. The van der Waals surface area contributed by atoms with Gasteiger partial charge in [-0.05, 0) is 36.2 Å². The van der Waals surface area contributed by atoms with Gasteiger partial charge in [-0.2, -0.15) is 13.2 Å². The van der Waals surface area contributed by atoms with Gasteiger partial charge in [0.25, 0.3) is 0 Å². The zero-order valence-electron chi connectivity index (χ0n) is 15.8. The minimum atomic E-state index is -4.57. The largest absolute Gasteiger partial charge is 0.496 e. The summed E-state index contributed by atoms with van der Waals surface area (Å²) in [6, 6.07) is 7.12. The summed E-state index contributed by atoms with van der Waals surface area (Å²) >= 11 is 5.71. The van der Waals surface area contributed by atoms with Gasteiger partial charge in [0.05, 0.1) is 29.9 Å². The predicted molar refractivity (Wildman–Crippen MR) is 102 cm³/mol. The second-order valence-electron chi connectivity index (χ2n) is 5.41. The van der Waals surface area contributed by atoms with Crippen molar-refractivity contribution in [2.24, 2.45) is 0 Å². The summed E-state index contributed by atoms with van der Waals surface area (Å²) in [6.45, 7) is 5.98. The quantitative estimate of drug-likeness (QED) is 0.588. The molecule has 0 saturated heterocycles. The van der Waals surface area contributed by atoms with Crippen molar-refractivity contribution in [3.05, 3.63) is 46.5 Å². The van der Waals surface area contributed by atoms with Crippen molar-refractivity contribution in [2.75, 3.05) is 20.3 Å². The Balaban J connectivity index is 0.00000176. The Labute approximate surface area is 162 Å². The molecule has 2 aromatic rings. The first-order chi connectivity index (χ1) is 12.8. The third-order valence-corrected chi connectivity index (χ3v) is 3.97. The van der Waals surface area contributed by atoms with E-state index in [0.29, 0.717) is 23.5 Å². The van der Waals surface area contributed by atoms with E-state index >= 15 is 0 Å². The van der Waals surface area contributed by atoms with Crippen molar-refractivity contribution in [1.82, 2.24) is 0 Å². The van der Waals surface area contributed by atoms with Crippen molar-refractivity contribution in [3.63, 3.8) is 0 Å². The first-order valence-electron chi connectivity index (χ1n) is 8.58. The summed E-state index contributed by atoms with van der Waals surface area (Å²) in [5.74, 6) is 0.809. The predicted octanol–water partition coefficient (Wildman–Crippen LogP) is 6.13. The van der Waals surface area contributed by atoms with Crippen LogP contribution in [0.4, 0.5) is 13.2 Å². The lowest BCUT2D eigenvalue weighted by Crippen LogP contribution is -2.07. The zero-order valence-corrected chi connectivity index (χ0v) is 16.5. The van der Waals surface area contributed by atoms with Crippen molar-refractivity contribution >= 4 is 11.6 Å². The molecule has 0 aliphatic heterocycles. The Bertz CT molecular complexity index is 746. The molecule has 0 aliphatic rings. The molecular formula is C20H24ClF3O3. The van der Waals surface area contributed by atoms with E-state index in [4.69, 9.17) is 26.2 Å². The summed E-state index contributed by atoms with van der Waals surface area (Å²) in [6.07, 6.45) is -4.16. The van der Waals surface area contributed by atoms with Crippen LogP contribution in [0.1, 0.15) is 31.4 Å². The maximum Gasteiger partial charge on any atom is 0.417 e. The molecule has 0 fully saturated rings. The van der Waals surface area contributed by atoms with Gasteiger partial charge in [0, 0.05) is 13.0 Å². The van der Waals surface area contributed by atoms with Gasteiger partial charge in [0.1, 0.15) is 11.5 Å². The van der Waals surface area contributed by atoms with Crippen LogP contribution in [0.2, 0.25) is 5.02 Å². The van der Waals surface area contributed by atoms with Crippen LogP contribution in [0.3, 0.4) is 0 Å². The summed E-state index contributed by atoms with van der Waals surface area (Å²) in [5.41, 5.74) is 0.547. The maximum atomic E-state index is 13.2. The number of hydrogen-bond donors (Lipinski definition) is 1. The lowest BCUT2D eigenvalue weighted by atomic mass is 9.98. The molecule has 27 heavy (non-hydrogen) atoms. The normalized spacial score (nSPS) is 10.9. The van der Waals surface area contributed by atoms with Gasteiger partial charge < -0.3 is 14.6 Å².